The summed E-state index contributed by atoms with van der Waals surface area (Å²) in [6.07, 6.45) is 3.45. The van der Waals surface area contributed by atoms with Gasteiger partial charge < -0.3 is 14.2 Å². The highest BCUT2D eigenvalue weighted by molar-refractivity contribution is 5.89. The second-order valence-corrected chi connectivity index (χ2v) is 6.04. The van der Waals surface area contributed by atoms with E-state index in [9.17, 15) is 4.79 Å². The number of benzene rings is 2. The first-order chi connectivity index (χ1) is 13.2. The molecule has 0 bridgehead atoms. The van der Waals surface area contributed by atoms with E-state index in [1.165, 1.54) is 12.8 Å². The highest BCUT2D eigenvalue weighted by atomic mass is 16.6. The van der Waals surface area contributed by atoms with Gasteiger partial charge in [0, 0.05) is 18.2 Å². The fraction of sp³-hybridized carbons (Fsp3) is 0.348. The Hall–Kier alpha value is -2.77. The second kappa shape index (κ2) is 11.8. The molecular weight excluding hydrogens is 340 g/mol. The van der Waals surface area contributed by atoms with Crippen molar-refractivity contribution in [2.45, 2.75) is 26.2 Å². The van der Waals surface area contributed by atoms with Crippen molar-refractivity contribution in [3.63, 3.8) is 0 Å². The molecule has 2 rings (SSSR count). The summed E-state index contributed by atoms with van der Waals surface area (Å²) in [4.78, 5) is 11.8. The predicted octanol–water partition coefficient (Wildman–Crippen LogP) is 4.46. The Morgan fingerprint density at radius 1 is 0.852 bits per heavy atom. The normalized spacial score (nSPS) is 10.0. The van der Waals surface area contributed by atoms with E-state index in [0.717, 1.165) is 29.9 Å². The number of carbonyl (C=O) groups excluding carboxylic acids is 1. The summed E-state index contributed by atoms with van der Waals surface area (Å²) >= 11 is 0. The Balaban J connectivity index is 1.88. The highest BCUT2D eigenvalue weighted by Gasteiger charge is 2.05. The van der Waals surface area contributed by atoms with Gasteiger partial charge in [0.2, 0.25) is 0 Å². The third kappa shape index (κ3) is 7.55. The lowest BCUT2D eigenvalue weighted by atomic mass is 10.1. The van der Waals surface area contributed by atoms with Crippen LogP contribution in [0.5, 0.6) is 5.75 Å². The predicted molar refractivity (Wildman–Crippen MR) is 106 cm³/mol. The van der Waals surface area contributed by atoms with E-state index < -0.39 is 0 Å². The molecule has 0 N–H and O–H groups in total. The van der Waals surface area contributed by atoms with E-state index in [-0.39, 0.29) is 12.6 Å². The van der Waals surface area contributed by atoms with Gasteiger partial charge in [-0.25, -0.2) is 4.79 Å². The van der Waals surface area contributed by atoms with Crippen molar-refractivity contribution < 1.29 is 19.0 Å². The summed E-state index contributed by atoms with van der Waals surface area (Å²) < 4.78 is 15.6. The van der Waals surface area contributed by atoms with Gasteiger partial charge in [0.1, 0.15) is 12.4 Å². The lowest BCUT2D eigenvalue weighted by molar-refractivity contribution is 0.0388. The fourth-order valence-corrected chi connectivity index (χ4v) is 2.31. The minimum absolute atomic E-state index is 0.245. The van der Waals surface area contributed by atoms with Crippen molar-refractivity contribution in [1.82, 2.24) is 0 Å². The number of esters is 1. The number of hydrogen-bond donors (Lipinski definition) is 0. The van der Waals surface area contributed by atoms with Crippen LogP contribution in [-0.2, 0) is 9.47 Å². The third-order valence-corrected chi connectivity index (χ3v) is 3.86. The van der Waals surface area contributed by atoms with Crippen LogP contribution in [0.2, 0.25) is 0 Å². The Bertz CT molecular complexity index is 752. The number of rotatable bonds is 9. The highest BCUT2D eigenvalue weighted by Crippen LogP contribution is 2.13. The van der Waals surface area contributed by atoms with Gasteiger partial charge in [0.25, 0.3) is 0 Å². The zero-order chi connectivity index (χ0) is 19.3. The van der Waals surface area contributed by atoms with Crippen molar-refractivity contribution in [1.29, 1.82) is 0 Å². The fourth-order valence-electron chi connectivity index (χ4n) is 2.31. The summed E-state index contributed by atoms with van der Waals surface area (Å²) in [5, 5.41) is 0. The molecule has 0 aliphatic rings. The van der Waals surface area contributed by atoms with Gasteiger partial charge in [-0.2, -0.15) is 0 Å². The molecule has 2 aromatic rings. The summed E-state index contributed by atoms with van der Waals surface area (Å²) in [5.74, 6) is 6.72. The van der Waals surface area contributed by atoms with Gasteiger partial charge in [-0.15, -0.1) is 0 Å². The first-order valence-corrected chi connectivity index (χ1v) is 9.24. The third-order valence-electron chi connectivity index (χ3n) is 3.86. The number of unbranched alkanes of at least 4 members (excludes halogenated alkanes) is 2. The zero-order valence-corrected chi connectivity index (χ0v) is 16.0. The van der Waals surface area contributed by atoms with E-state index in [0.29, 0.717) is 12.2 Å². The number of carbonyl (C=O) groups is 1. The van der Waals surface area contributed by atoms with Gasteiger partial charge in [-0.05, 0) is 55.0 Å². The minimum Gasteiger partial charge on any atom is -0.494 e. The van der Waals surface area contributed by atoms with E-state index >= 15 is 0 Å². The molecule has 142 valence electrons. The average Bonchev–Trinajstić information content (AvgIpc) is 2.71. The standard InChI is InChI=1S/C23H26O4/c1-3-4-5-16-26-22-14-10-20(11-15-22)7-6-19-8-12-21(13-9-19)23(24)27-18-17-25-2/h8-15H,3-5,16-18H2,1-2H3. The first kappa shape index (κ1) is 20.5. The summed E-state index contributed by atoms with van der Waals surface area (Å²) in [5.41, 5.74) is 2.25. The smallest absolute Gasteiger partial charge is 0.338 e. The molecule has 0 aliphatic heterocycles. The molecule has 0 spiro atoms. The molecule has 0 radical (unpaired) electrons. The van der Waals surface area contributed by atoms with Gasteiger partial charge in [0.05, 0.1) is 18.8 Å². The van der Waals surface area contributed by atoms with Crippen LogP contribution in [0.4, 0.5) is 0 Å². The molecule has 27 heavy (non-hydrogen) atoms. The Labute approximate surface area is 161 Å². The van der Waals surface area contributed by atoms with Crippen molar-refractivity contribution in [2.24, 2.45) is 0 Å². The lowest BCUT2D eigenvalue weighted by Crippen LogP contribution is -2.09. The van der Waals surface area contributed by atoms with Crippen LogP contribution in [0.3, 0.4) is 0 Å². The van der Waals surface area contributed by atoms with E-state index in [1.807, 2.05) is 36.4 Å². The molecule has 0 aromatic heterocycles. The van der Waals surface area contributed by atoms with Crippen molar-refractivity contribution in [2.75, 3.05) is 26.9 Å². The monoisotopic (exact) mass is 366 g/mol. The van der Waals surface area contributed by atoms with E-state index in [4.69, 9.17) is 14.2 Å². The quantitative estimate of drug-likeness (QED) is 0.373. The van der Waals surface area contributed by atoms with Gasteiger partial charge in [0.15, 0.2) is 0 Å². The van der Waals surface area contributed by atoms with Gasteiger partial charge in [-0.3, -0.25) is 0 Å². The zero-order valence-electron chi connectivity index (χ0n) is 16.0. The molecule has 0 fully saturated rings. The van der Waals surface area contributed by atoms with E-state index in [2.05, 4.69) is 18.8 Å². The minimum atomic E-state index is -0.360. The number of methoxy groups -OCH3 is 1. The maximum atomic E-state index is 11.8. The molecule has 0 aliphatic carbocycles. The van der Waals surface area contributed by atoms with Crippen LogP contribution < -0.4 is 4.74 Å². The summed E-state index contributed by atoms with van der Waals surface area (Å²) in [6, 6.07) is 14.8. The van der Waals surface area contributed by atoms with Crippen LogP contribution >= 0.6 is 0 Å². The van der Waals surface area contributed by atoms with Gasteiger partial charge >= 0.3 is 5.97 Å². The maximum absolute atomic E-state index is 11.8. The Morgan fingerprint density at radius 3 is 2.07 bits per heavy atom. The van der Waals surface area contributed by atoms with Crippen LogP contribution in [-0.4, -0.2) is 32.9 Å². The Kier molecular flexibility index (Phi) is 8.95. The van der Waals surface area contributed by atoms with Crippen molar-refractivity contribution in [3.8, 4) is 17.6 Å². The lowest BCUT2D eigenvalue weighted by Gasteiger charge is -2.05. The molecule has 0 amide bonds. The van der Waals surface area contributed by atoms with E-state index in [1.54, 1.807) is 19.2 Å². The number of ether oxygens (including phenoxy) is 3. The van der Waals surface area contributed by atoms with Crippen molar-refractivity contribution >= 4 is 5.97 Å². The van der Waals surface area contributed by atoms with Crippen LogP contribution in [0.1, 0.15) is 47.7 Å². The molecule has 2 aromatic carbocycles. The van der Waals surface area contributed by atoms with Crippen molar-refractivity contribution in [3.05, 3.63) is 65.2 Å². The second-order valence-electron chi connectivity index (χ2n) is 6.04. The van der Waals surface area contributed by atoms with Gasteiger partial charge in [-0.1, -0.05) is 31.6 Å². The largest absolute Gasteiger partial charge is 0.494 e. The van der Waals surface area contributed by atoms with Crippen LogP contribution in [0, 0.1) is 11.8 Å². The summed E-state index contributed by atoms with van der Waals surface area (Å²) in [6.45, 7) is 3.56. The molecule has 0 atom stereocenters. The molecule has 0 saturated heterocycles. The average molecular weight is 366 g/mol. The first-order valence-electron chi connectivity index (χ1n) is 9.24. The molecule has 0 heterocycles. The number of hydrogen-bond acceptors (Lipinski definition) is 4. The molecule has 4 nitrogen and oxygen atoms in total. The Morgan fingerprint density at radius 2 is 1.48 bits per heavy atom. The molecular formula is C23H26O4. The van der Waals surface area contributed by atoms with Crippen LogP contribution in [0.15, 0.2) is 48.5 Å². The molecule has 4 heteroatoms. The molecule has 0 saturated carbocycles. The SMILES string of the molecule is CCCCCOc1ccc(C#Cc2ccc(C(=O)OCCOC)cc2)cc1. The topological polar surface area (TPSA) is 44.8 Å². The van der Waals surface area contributed by atoms with Crippen LogP contribution in [0.25, 0.3) is 0 Å². The summed E-state index contributed by atoms with van der Waals surface area (Å²) in [7, 11) is 1.56. The maximum Gasteiger partial charge on any atom is 0.338 e. The molecule has 0 unspecified atom stereocenters.